The van der Waals surface area contributed by atoms with Crippen molar-refractivity contribution in [1.82, 2.24) is 10.2 Å². The molecule has 196 valence electrons. The van der Waals surface area contributed by atoms with Crippen LogP contribution in [0, 0.1) is 11.6 Å². The van der Waals surface area contributed by atoms with Gasteiger partial charge < -0.3 is 20.1 Å². The van der Waals surface area contributed by atoms with Gasteiger partial charge in [0, 0.05) is 0 Å². The molecule has 0 aliphatic carbocycles. The molecule has 3 aromatic carbocycles. The molecule has 0 bridgehead atoms. The number of para-hydroxylation sites is 1. The van der Waals surface area contributed by atoms with Crippen LogP contribution >= 0.6 is 15.9 Å². The van der Waals surface area contributed by atoms with Gasteiger partial charge in [-0.3, -0.25) is 9.59 Å². The molecule has 0 atom stereocenters. The van der Waals surface area contributed by atoms with E-state index < -0.39 is 30.2 Å². The molecule has 4 amide bonds. The number of rotatable bonds is 9. The molecule has 0 unspecified atom stereocenters. The van der Waals surface area contributed by atoms with Crippen LogP contribution in [0.2, 0.25) is 0 Å². The fourth-order valence-corrected chi connectivity index (χ4v) is 4.16. The predicted octanol–water partition coefficient (Wildman–Crippen LogP) is 5.24. The number of ether oxygens (including phenoxy) is 2. The van der Waals surface area contributed by atoms with E-state index in [1.807, 2.05) is 0 Å². The zero-order chi connectivity index (χ0) is 27.2. The van der Waals surface area contributed by atoms with E-state index in [1.54, 1.807) is 37.3 Å². The van der Waals surface area contributed by atoms with Gasteiger partial charge in [0.25, 0.3) is 5.91 Å². The highest BCUT2D eigenvalue weighted by atomic mass is 79.9. The first kappa shape index (κ1) is 26.8. The van der Waals surface area contributed by atoms with Crippen LogP contribution in [0.1, 0.15) is 18.1 Å². The molecule has 3 aromatic rings. The summed E-state index contributed by atoms with van der Waals surface area (Å²) in [4.78, 5) is 38.3. The Hall–Kier alpha value is -4.25. The van der Waals surface area contributed by atoms with Crippen LogP contribution in [0.15, 0.2) is 70.8 Å². The lowest BCUT2D eigenvalue weighted by Gasteiger charge is -2.15. The molecule has 1 aliphatic heterocycles. The Bertz CT molecular complexity index is 1410. The number of imide groups is 1. The molecular formula is C27H22BrF2N3O5. The Morgan fingerprint density at radius 2 is 1.82 bits per heavy atom. The molecule has 0 radical (unpaired) electrons. The number of anilines is 1. The largest absolute Gasteiger partial charge is 0.490 e. The summed E-state index contributed by atoms with van der Waals surface area (Å²) < 4.78 is 39.1. The molecule has 1 fully saturated rings. The predicted molar refractivity (Wildman–Crippen MR) is 139 cm³/mol. The van der Waals surface area contributed by atoms with E-state index in [9.17, 15) is 23.2 Å². The zero-order valence-corrected chi connectivity index (χ0v) is 21.7. The summed E-state index contributed by atoms with van der Waals surface area (Å²) >= 11 is 3.45. The minimum absolute atomic E-state index is 0.0528. The van der Waals surface area contributed by atoms with Crippen LogP contribution in [-0.2, 0) is 16.2 Å². The molecule has 2 N–H and O–H groups in total. The van der Waals surface area contributed by atoms with Crippen LogP contribution < -0.4 is 20.1 Å². The van der Waals surface area contributed by atoms with Crippen LogP contribution in [0.5, 0.6) is 11.5 Å². The van der Waals surface area contributed by atoms with Crippen molar-refractivity contribution >= 4 is 45.5 Å². The number of hydrogen-bond acceptors (Lipinski definition) is 5. The summed E-state index contributed by atoms with van der Waals surface area (Å²) in [6.45, 7) is 1.70. The quantitative estimate of drug-likeness (QED) is 0.264. The highest BCUT2D eigenvalue weighted by molar-refractivity contribution is 9.10. The van der Waals surface area contributed by atoms with Crippen LogP contribution in [0.4, 0.5) is 19.3 Å². The smallest absolute Gasteiger partial charge is 0.329 e. The fourth-order valence-electron chi connectivity index (χ4n) is 3.59. The number of amides is 4. The average Bonchev–Trinajstić information content (AvgIpc) is 3.13. The average molecular weight is 586 g/mol. The van der Waals surface area contributed by atoms with Gasteiger partial charge in [0.1, 0.15) is 30.5 Å². The second-order valence-electron chi connectivity index (χ2n) is 8.09. The number of nitrogens with zero attached hydrogens (tertiary/aromatic N) is 1. The molecule has 1 heterocycles. The molecule has 0 aromatic heterocycles. The van der Waals surface area contributed by atoms with Crippen molar-refractivity contribution in [1.29, 1.82) is 0 Å². The lowest BCUT2D eigenvalue weighted by atomic mass is 10.1. The number of halogens is 3. The van der Waals surface area contributed by atoms with Gasteiger partial charge in [-0.05, 0) is 76.5 Å². The van der Waals surface area contributed by atoms with Crippen LogP contribution in [0.25, 0.3) is 6.08 Å². The summed E-state index contributed by atoms with van der Waals surface area (Å²) in [5.41, 5.74) is 1.15. The van der Waals surface area contributed by atoms with E-state index in [0.29, 0.717) is 28.1 Å². The van der Waals surface area contributed by atoms with E-state index in [4.69, 9.17) is 9.47 Å². The van der Waals surface area contributed by atoms with Gasteiger partial charge in [0.15, 0.2) is 11.5 Å². The van der Waals surface area contributed by atoms with Crippen molar-refractivity contribution in [3.63, 3.8) is 0 Å². The van der Waals surface area contributed by atoms with Crippen LogP contribution in [0.3, 0.4) is 0 Å². The third-order valence-corrected chi connectivity index (χ3v) is 5.94. The molecule has 38 heavy (non-hydrogen) atoms. The first-order valence-corrected chi connectivity index (χ1v) is 12.3. The van der Waals surface area contributed by atoms with Crippen molar-refractivity contribution in [2.45, 2.75) is 13.5 Å². The second kappa shape index (κ2) is 11.9. The van der Waals surface area contributed by atoms with Gasteiger partial charge in [-0.2, -0.15) is 0 Å². The van der Waals surface area contributed by atoms with E-state index in [1.165, 1.54) is 36.4 Å². The van der Waals surface area contributed by atoms with Crippen molar-refractivity contribution in [3.8, 4) is 11.5 Å². The van der Waals surface area contributed by atoms with E-state index in [2.05, 4.69) is 26.6 Å². The van der Waals surface area contributed by atoms with Gasteiger partial charge >= 0.3 is 6.03 Å². The molecule has 0 saturated carbocycles. The summed E-state index contributed by atoms with van der Waals surface area (Å²) in [5, 5.41) is 4.79. The van der Waals surface area contributed by atoms with Crippen molar-refractivity contribution in [2.75, 3.05) is 18.5 Å². The maximum Gasteiger partial charge on any atom is 0.329 e. The Kier molecular flexibility index (Phi) is 8.37. The van der Waals surface area contributed by atoms with Gasteiger partial charge in [-0.15, -0.1) is 0 Å². The molecule has 4 rings (SSSR count). The van der Waals surface area contributed by atoms with Crippen molar-refractivity contribution in [3.05, 3.63) is 93.6 Å². The second-order valence-corrected chi connectivity index (χ2v) is 8.94. The Balaban J connectivity index is 1.49. The van der Waals surface area contributed by atoms with Gasteiger partial charge in [-0.1, -0.05) is 24.3 Å². The highest BCUT2D eigenvalue weighted by Gasteiger charge is 2.35. The van der Waals surface area contributed by atoms with Crippen molar-refractivity contribution < 1.29 is 32.6 Å². The normalized spacial score (nSPS) is 14.0. The number of carbonyl (C=O) groups is 3. The zero-order valence-electron chi connectivity index (χ0n) is 20.1. The summed E-state index contributed by atoms with van der Waals surface area (Å²) in [6.07, 6.45) is 1.44. The molecule has 1 saturated heterocycles. The maximum absolute atomic E-state index is 13.8. The minimum Gasteiger partial charge on any atom is -0.490 e. The van der Waals surface area contributed by atoms with Gasteiger partial charge in [-0.25, -0.2) is 18.5 Å². The molecule has 8 nitrogen and oxygen atoms in total. The number of benzene rings is 3. The number of hydrogen-bond donors (Lipinski definition) is 2. The maximum atomic E-state index is 13.8. The van der Waals surface area contributed by atoms with E-state index in [0.717, 1.165) is 10.5 Å². The third kappa shape index (κ3) is 6.35. The van der Waals surface area contributed by atoms with Crippen LogP contribution in [-0.4, -0.2) is 35.9 Å². The number of carbonyl (C=O) groups excluding carboxylic acids is 3. The van der Waals surface area contributed by atoms with Gasteiger partial charge in [0.2, 0.25) is 5.91 Å². The summed E-state index contributed by atoms with van der Waals surface area (Å²) in [5.74, 6) is -1.65. The van der Waals surface area contributed by atoms with Crippen molar-refractivity contribution in [2.24, 2.45) is 0 Å². The molecule has 1 aliphatic rings. The molecule has 11 heteroatoms. The number of nitrogens with one attached hydrogen (secondary N) is 2. The first-order chi connectivity index (χ1) is 18.2. The summed E-state index contributed by atoms with van der Waals surface area (Å²) in [6, 6.07) is 14.0. The number of urea groups is 1. The lowest BCUT2D eigenvalue weighted by Crippen LogP contribution is -2.38. The highest BCUT2D eigenvalue weighted by Crippen LogP contribution is 2.38. The molecule has 0 spiro atoms. The topological polar surface area (TPSA) is 97.0 Å². The van der Waals surface area contributed by atoms with E-state index >= 15 is 0 Å². The first-order valence-electron chi connectivity index (χ1n) is 11.5. The Labute approximate surface area is 225 Å². The standard InChI is InChI=1S/C27H22BrF2N3O5/c1-2-37-23-13-17(11-19(28)25(23)38-15-16-7-9-18(29)10-8-16)12-22-26(35)33(27(36)32-22)14-24(34)31-21-6-4-3-5-20(21)30/h3-13H,2,14-15H2,1H3,(H,31,34)(H,32,36)/b22-12+. The Morgan fingerprint density at radius 3 is 2.53 bits per heavy atom. The third-order valence-electron chi connectivity index (χ3n) is 5.35. The fraction of sp³-hybridized carbons (Fsp3) is 0.148. The van der Waals surface area contributed by atoms with E-state index in [-0.39, 0.29) is 23.8 Å². The monoisotopic (exact) mass is 585 g/mol. The van der Waals surface area contributed by atoms with Gasteiger partial charge in [0.05, 0.1) is 16.8 Å². The minimum atomic E-state index is -0.784. The summed E-state index contributed by atoms with van der Waals surface area (Å²) in [7, 11) is 0. The SMILES string of the molecule is CCOc1cc(/C=C2/NC(=O)N(CC(=O)Nc3ccccc3F)C2=O)cc(Br)c1OCc1ccc(F)cc1. The Morgan fingerprint density at radius 1 is 1.08 bits per heavy atom. The lowest BCUT2D eigenvalue weighted by molar-refractivity contribution is -0.127. The molecular weight excluding hydrogens is 564 g/mol.